The first-order valence-corrected chi connectivity index (χ1v) is 6.51. The summed E-state index contributed by atoms with van der Waals surface area (Å²) in [5, 5.41) is 11.0. The first-order valence-electron chi connectivity index (χ1n) is 6.51. The van der Waals surface area contributed by atoms with Gasteiger partial charge in [-0.25, -0.2) is 0 Å². The van der Waals surface area contributed by atoms with E-state index in [-0.39, 0.29) is 0 Å². The van der Waals surface area contributed by atoms with Crippen LogP contribution in [0.15, 0.2) is 42.5 Å². The van der Waals surface area contributed by atoms with Crippen LogP contribution < -0.4 is 9.47 Å². The lowest BCUT2D eigenvalue weighted by Gasteiger charge is -2.28. The zero-order valence-electron chi connectivity index (χ0n) is 12.3. The van der Waals surface area contributed by atoms with Crippen molar-refractivity contribution in [2.45, 2.75) is 19.4 Å². The number of methoxy groups -OCH3 is 2. The summed E-state index contributed by atoms with van der Waals surface area (Å²) < 4.78 is 10.6. The number of hydrogen-bond donors (Lipinski definition) is 1. The van der Waals surface area contributed by atoms with Gasteiger partial charge < -0.3 is 14.6 Å². The third-order valence-corrected chi connectivity index (χ3v) is 3.60. The molecule has 0 aliphatic carbocycles. The average molecular weight is 272 g/mol. The Labute approximate surface area is 119 Å². The highest BCUT2D eigenvalue weighted by atomic mass is 16.5. The first kappa shape index (κ1) is 14.4. The van der Waals surface area contributed by atoms with Crippen molar-refractivity contribution in [3.05, 3.63) is 59.2 Å². The fourth-order valence-electron chi connectivity index (χ4n) is 2.46. The topological polar surface area (TPSA) is 38.7 Å². The van der Waals surface area contributed by atoms with E-state index in [1.165, 1.54) is 0 Å². The van der Waals surface area contributed by atoms with Crippen LogP contribution in [0.25, 0.3) is 0 Å². The Bertz CT molecular complexity index is 603. The maximum atomic E-state index is 11.0. The van der Waals surface area contributed by atoms with Crippen LogP contribution in [0.5, 0.6) is 11.5 Å². The molecule has 2 aromatic carbocycles. The summed E-state index contributed by atoms with van der Waals surface area (Å²) in [5.74, 6) is 1.31. The molecule has 3 heteroatoms. The van der Waals surface area contributed by atoms with E-state index in [1.54, 1.807) is 27.2 Å². The van der Waals surface area contributed by atoms with Gasteiger partial charge in [0.1, 0.15) is 17.1 Å². The van der Waals surface area contributed by atoms with Crippen LogP contribution in [0.1, 0.15) is 23.6 Å². The van der Waals surface area contributed by atoms with Crippen molar-refractivity contribution in [2.75, 3.05) is 14.2 Å². The van der Waals surface area contributed by atoms with Gasteiger partial charge in [0.25, 0.3) is 0 Å². The second-order valence-electron chi connectivity index (χ2n) is 4.95. The van der Waals surface area contributed by atoms with Crippen molar-refractivity contribution < 1.29 is 14.6 Å². The Balaban J connectivity index is 2.57. The Morgan fingerprint density at radius 3 is 2.25 bits per heavy atom. The van der Waals surface area contributed by atoms with Crippen LogP contribution in [0, 0.1) is 6.92 Å². The third-order valence-electron chi connectivity index (χ3n) is 3.60. The van der Waals surface area contributed by atoms with Gasteiger partial charge in [-0.3, -0.25) is 0 Å². The molecule has 1 unspecified atom stereocenters. The second kappa shape index (κ2) is 5.55. The third kappa shape index (κ3) is 2.49. The van der Waals surface area contributed by atoms with Gasteiger partial charge in [0, 0.05) is 11.6 Å². The summed E-state index contributed by atoms with van der Waals surface area (Å²) in [6, 6.07) is 13.2. The second-order valence-corrected chi connectivity index (χ2v) is 4.95. The van der Waals surface area contributed by atoms with Crippen LogP contribution in [-0.2, 0) is 5.60 Å². The minimum absolute atomic E-state index is 0.609. The quantitative estimate of drug-likeness (QED) is 0.928. The molecule has 1 N–H and O–H groups in total. The fraction of sp³-hybridized carbons (Fsp3) is 0.294. The lowest BCUT2D eigenvalue weighted by atomic mass is 9.85. The number of ether oxygens (including phenoxy) is 2. The standard InChI is InChI=1S/C17H20O3/c1-12-7-5-6-8-14(12)17(2,18)15-10-9-13(19-3)11-16(15)20-4/h5-11,18H,1-4H3. The van der Waals surface area contributed by atoms with E-state index in [0.29, 0.717) is 11.5 Å². The molecule has 0 heterocycles. The highest BCUT2D eigenvalue weighted by Gasteiger charge is 2.30. The number of aryl methyl sites for hydroxylation is 1. The van der Waals surface area contributed by atoms with E-state index in [0.717, 1.165) is 16.7 Å². The summed E-state index contributed by atoms with van der Waals surface area (Å²) in [7, 11) is 3.19. The van der Waals surface area contributed by atoms with E-state index in [4.69, 9.17) is 9.47 Å². The van der Waals surface area contributed by atoms with Gasteiger partial charge in [-0.1, -0.05) is 24.3 Å². The van der Waals surface area contributed by atoms with E-state index in [1.807, 2.05) is 43.3 Å². The molecule has 0 spiro atoms. The fourth-order valence-corrected chi connectivity index (χ4v) is 2.46. The molecule has 20 heavy (non-hydrogen) atoms. The number of benzene rings is 2. The average Bonchev–Trinajstić information content (AvgIpc) is 2.46. The van der Waals surface area contributed by atoms with E-state index in [9.17, 15) is 5.11 Å². The van der Waals surface area contributed by atoms with Crippen LogP contribution in [-0.4, -0.2) is 19.3 Å². The molecule has 106 valence electrons. The molecule has 0 amide bonds. The Hall–Kier alpha value is -2.00. The van der Waals surface area contributed by atoms with Crippen LogP contribution in [0.3, 0.4) is 0 Å². The van der Waals surface area contributed by atoms with E-state index < -0.39 is 5.60 Å². The molecule has 2 aromatic rings. The maximum absolute atomic E-state index is 11.0. The zero-order valence-corrected chi connectivity index (χ0v) is 12.3. The molecule has 0 radical (unpaired) electrons. The summed E-state index contributed by atoms with van der Waals surface area (Å²) in [4.78, 5) is 0. The Kier molecular flexibility index (Phi) is 4.00. The van der Waals surface area contributed by atoms with Gasteiger partial charge >= 0.3 is 0 Å². The number of aliphatic hydroxyl groups is 1. The van der Waals surface area contributed by atoms with E-state index in [2.05, 4.69) is 0 Å². The first-order chi connectivity index (χ1) is 9.50. The van der Waals surface area contributed by atoms with Crippen LogP contribution in [0.2, 0.25) is 0 Å². The summed E-state index contributed by atoms with van der Waals surface area (Å²) in [6.45, 7) is 3.76. The maximum Gasteiger partial charge on any atom is 0.128 e. The number of hydrogen-bond acceptors (Lipinski definition) is 3. The molecule has 2 rings (SSSR count). The largest absolute Gasteiger partial charge is 0.497 e. The van der Waals surface area contributed by atoms with Gasteiger partial charge in [-0.15, -0.1) is 0 Å². The van der Waals surface area contributed by atoms with Crippen LogP contribution in [0.4, 0.5) is 0 Å². The predicted molar refractivity (Wildman–Crippen MR) is 79.4 cm³/mol. The summed E-state index contributed by atoms with van der Waals surface area (Å²) in [5.41, 5.74) is 1.50. The molecule has 3 nitrogen and oxygen atoms in total. The predicted octanol–water partition coefficient (Wildman–Crippen LogP) is 3.27. The lowest BCUT2D eigenvalue weighted by molar-refractivity contribution is 0.0982. The highest BCUT2D eigenvalue weighted by Crippen LogP contribution is 2.38. The Morgan fingerprint density at radius 1 is 0.950 bits per heavy atom. The van der Waals surface area contributed by atoms with Crippen molar-refractivity contribution >= 4 is 0 Å². The molecule has 0 aliphatic rings. The highest BCUT2D eigenvalue weighted by molar-refractivity contribution is 5.49. The molecule has 0 saturated heterocycles. The van der Waals surface area contributed by atoms with Crippen molar-refractivity contribution in [1.82, 2.24) is 0 Å². The van der Waals surface area contributed by atoms with Crippen molar-refractivity contribution in [1.29, 1.82) is 0 Å². The van der Waals surface area contributed by atoms with Crippen molar-refractivity contribution in [3.8, 4) is 11.5 Å². The lowest BCUT2D eigenvalue weighted by Crippen LogP contribution is -2.24. The van der Waals surface area contributed by atoms with Gasteiger partial charge in [-0.05, 0) is 37.1 Å². The van der Waals surface area contributed by atoms with Gasteiger partial charge in [0.15, 0.2) is 0 Å². The Morgan fingerprint density at radius 2 is 1.65 bits per heavy atom. The van der Waals surface area contributed by atoms with Gasteiger partial charge in [0.2, 0.25) is 0 Å². The summed E-state index contributed by atoms with van der Waals surface area (Å²) in [6.07, 6.45) is 0. The van der Waals surface area contributed by atoms with Crippen LogP contribution >= 0.6 is 0 Å². The van der Waals surface area contributed by atoms with Crippen molar-refractivity contribution in [2.24, 2.45) is 0 Å². The molecule has 0 aliphatic heterocycles. The molecule has 0 aromatic heterocycles. The van der Waals surface area contributed by atoms with Crippen molar-refractivity contribution in [3.63, 3.8) is 0 Å². The van der Waals surface area contributed by atoms with E-state index >= 15 is 0 Å². The normalized spacial score (nSPS) is 13.7. The number of rotatable bonds is 4. The minimum Gasteiger partial charge on any atom is -0.497 e. The monoisotopic (exact) mass is 272 g/mol. The SMILES string of the molecule is COc1ccc(C(C)(O)c2ccccc2C)c(OC)c1. The smallest absolute Gasteiger partial charge is 0.128 e. The molecule has 0 saturated carbocycles. The molecular weight excluding hydrogens is 252 g/mol. The van der Waals surface area contributed by atoms with Gasteiger partial charge in [-0.2, -0.15) is 0 Å². The summed E-state index contributed by atoms with van der Waals surface area (Å²) >= 11 is 0. The molecule has 0 fully saturated rings. The molecule has 0 bridgehead atoms. The van der Waals surface area contributed by atoms with Gasteiger partial charge in [0.05, 0.1) is 14.2 Å². The molecule has 1 atom stereocenters. The minimum atomic E-state index is -1.12. The molecular formula is C17H20O3. The zero-order chi connectivity index (χ0) is 14.8.